The Balaban J connectivity index is 2.35. The molecule has 0 spiro atoms. The summed E-state index contributed by atoms with van der Waals surface area (Å²) in [6, 6.07) is 6.49. The Hall–Kier alpha value is -1.61. The van der Waals surface area contributed by atoms with Gasteiger partial charge in [-0.2, -0.15) is 15.6 Å². The van der Waals surface area contributed by atoms with Crippen molar-refractivity contribution in [2.75, 3.05) is 34.5 Å². The predicted octanol–water partition coefficient (Wildman–Crippen LogP) is 2.60. The molecule has 2 aromatic rings. The van der Waals surface area contributed by atoms with Gasteiger partial charge in [0.05, 0.1) is 25.7 Å². The van der Waals surface area contributed by atoms with Gasteiger partial charge >= 0.3 is 0 Å². The molecule has 0 fully saturated rings. The topological polar surface area (TPSA) is 65.1 Å². The summed E-state index contributed by atoms with van der Waals surface area (Å²) in [5.74, 6) is 0.860. The second kappa shape index (κ2) is 8.48. The number of ether oxygens (including phenoxy) is 3. The molecule has 0 amide bonds. The third-order valence-electron chi connectivity index (χ3n) is 3.48. The molecule has 0 radical (unpaired) electrons. The molecular formula is C16H21NO5S2. The third kappa shape index (κ3) is 4.27. The van der Waals surface area contributed by atoms with Gasteiger partial charge in [0.15, 0.2) is 11.5 Å². The van der Waals surface area contributed by atoms with Crippen molar-refractivity contribution in [2.45, 2.75) is 11.4 Å². The lowest BCUT2D eigenvalue weighted by Gasteiger charge is -2.22. The molecule has 0 unspecified atom stereocenters. The van der Waals surface area contributed by atoms with Crippen LogP contribution in [0.15, 0.2) is 39.9 Å². The highest BCUT2D eigenvalue weighted by molar-refractivity contribution is 7.89. The molecule has 1 aromatic carbocycles. The van der Waals surface area contributed by atoms with Gasteiger partial charge in [-0.1, -0.05) is 0 Å². The normalized spacial score (nSPS) is 11.7. The van der Waals surface area contributed by atoms with E-state index in [9.17, 15) is 8.42 Å². The monoisotopic (exact) mass is 371 g/mol. The fourth-order valence-corrected chi connectivity index (χ4v) is 4.28. The fourth-order valence-electron chi connectivity index (χ4n) is 2.19. The number of hydrogen-bond donors (Lipinski definition) is 0. The Morgan fingerprint density at radius 3 is 2.42 bits per heavy atom. The van der Waals surface area contributed by atoms with Gasteiger partial charge in [-0.15, -0.1) is 0 Å². The van der Waals surface area contributed by atoms with Crippen LogP contribution >= 0.6 is 11.3 Å². The van der Waals surface area contributed by atoms with Crippen LogP contribution in [0.25, 0.3) is 0 Å². The zero-order chi connectivity index (χ0) is 17.6. The summed E-state index contributed by atoms with van der Waals surface area (Å²) in [7, 11) is 0.845. The summed E-state index contributed by atoms with van der Waals surface area (Å²) in [4.78, 5) is 0.159. The summed E-state index contributed by atoms with van der Waals surface area (Å²) in [6.07, 6.45) is 0. The predicted molar refractivity (Wildman–Crippen MR) is 93.3 cm³/mol. The number of nitrogens with zero attached hydrogens (tertiary/aromatic N) is 1. The van der Waals surface area contributed by atoms with Gasteiger partial charge < -0.3 is 14.2 Å². The first-order valence-electron chi connectivity index (χ1n) is 7.25. The summed E-state index contributed by atoms with van der Waals surface area (Å²) in [5, 5.41) is 3.86. The van der Waals surface area contributed by atoms with Crippen molar-refractivity contribution in [3.63, 3.8) is 0 Å². The van der Waals surface area contributed by atoms with E-state index in [1.54, 1.807) is 13.2 Å². The minimum Gasteiger partial charge on any atom is -0.493 e. The van der Waals surface area contributed by atoms with Crippen LogP contribution in [-0.2, 0) is 21.3 Å². The highest BCUT2D eigenvalue weighted by Crippen LogP contribution is 2.31. The summed E-state index contributed by atoms with van der Waals surface area (Å²) < 4.78 is 42.8. The Bertz CT molecular complexity index is 744. The van der Waals surface area contributed by atoms with Crippen LogP contribution in [0.1, 0.15) is 5.56 Å². The van der Waals surface area contributed by atoms with Crippen molar-refractivity contribution < 1.29 is 22.6 Å². The molecule has 1 heterocycles. The molecule has 0 saturated heterocycles. The molecule has 8 heteroatoms. The molecule has 0 atom stereocenters. The molecule has 0 aliphatic heterocycles. The van der Waals surface area contributed by atoms with Crippen LogP contribution in [0, 0.1) is 0 Å². The van der Waals surface area contributed by atoms with Crippen molar-refractivity contribution >= 4 is 21.4 Å². The molecule has 6 nitrogen and oxygen atoms in total. The van der Waals surface area contributed by atoms with E-state index in [1.165, 1.54) is 42.0 Å². The van der Waals surface area contributed by atoms with Gasteiger partial charge in [0, 0.05) is 26.3 Å². The number of benzene rings is 1. The van der Waals surface area contributed by atoms with Crippen LogP contribution in [0.5, 0.6) is 11.5 Å². The first kappa shape index (κ1) is 18.7. The van der Waals surface area contributed by atoms with Crippen LogP contribution in [0.2, 0.25) is 0 Å². The average Bonchev–Trinajstić information content (AvgIpc) is 3.10. The molecule has 0 aliphatic carbocycles. The zero-order valence-electron chi connectivity index (χ0n) is 13.9. The number of rotatable bonds is 9. The lowest BCUT2D eigenvalue weighted by molar-refractivity contribution is 0.177. The van der Waals surface area contributed by atoms with Crippen molar-refractivity contribution in [3.05, 3.63) is 40.6 Å². The minimum absolute atomic E-state index is 0.159. The van der Waals surface area contributed by atoms with Gasteiger partial charge in [-0.05, 0) is 34.5 Å². The fraction of sp³-hybridized carbons (Fsp3) is 0.375. The first-order valence-corrected chi connectivity index (χ1v) is 9.63. The van der Waals surface area contributed by atoms with Gasteiger partial charge in [0.2, 0.25) is 10.0 Å². The van der Waals surface area contributed by atoms with Crippen molar-refractivity contribution in [3.8, 4) is 11.5 Å². The van der Waals surface area contributed by atoms with Gasteiger partial charge in [0.1, 0.15) is 0 Å². The van der Waals surface area contributed by atoms with E-state index in [0.717, 1.165) is 5.56 Å². The van der Waals surface area contributed by atoms with Crippen LogP contribution in [0.3, 0.4) is 0 Å². The van der Waals surface area contributed by atoms with Gasteiger partial charge in [-0.3, -0.25) is 0 Å². The van der Waals surface area contributed by atoms with Crippen LogP contribution in [0.4, 0.5) is 0 Å². The highest BCUT2D eigenvalue weighted by Gasteiger charge is 2.26. The van der Waals surface area contributed by atoms with E-state index in [0.29, 0.717) is 24.7 Å². The van der Waals surface area contributed by atoms with E-state index in [4.69, 9.17) is 14.2 Å². The molecule has 0 saturated carbocycles. The Morgan fingerprint density at radius 1 is 1.08 bits per heavy atom. The Kier molecular flexibility index (Phi) is 6.61. The highest BCUT2D eigenvalue weighted by atomic mass is 32.2. The van der Waals surface area contributed by atoms with Crippen LogP contribution < -0.4 is 9.47 Å². The molecule has 0 bridgehead atoms. The molecule has 132 valence electrons. The number of hydrogen-bond acceptors (Lipinski definition) is 6. The van der Waals surface area contributed by atoms with Gasteiger partial charge in [0.25, 0.3) is 0 Å². The minimum atomic E-state index is -3.68. The summed E-state index contributed by atoms with van der Waals surface area (Å²) in [5.41, 5.74) is 0.945. The quantitative estimate of drug-likeness (QED) is 0.678. The third-order valence-corrected chi connectivity index (χ3v) is 6.05. The maximum atomic E-state index is 13.0. The second-order valence-electron chi connectivity index (χ2n) is 4.98. The van der Waals surface area contributed by atoms with E-state index >= 15 is 0 Å². The number of sulfonamides is 1. The standard InChI is InChI=1S/C16H21NO5S2/c1-20-8-7-17(11-13-6-9-23-12-13)24(18,19)14-4-5-15(21-2)16(10-14)22-3/h4-6,9-10,12H,7-8,11H2,1-3H3. The van der Waals surface area contributed by atoms with E-state index in [2.05, 4.69) is 0 Å². The molecule has 0 aliphatic rings. The SMILES string of the molecule is COCCN(Cc1ccsc1)S(=O)(=O)c1ccc(OC)c(OC)c1. The maximum Gasteiger partial charge on any atom is 0.243 e. The number of thiophene rings is 1. The number of methoxy groups -OCH3 is 3. The van der Waals surface area contributed by atoms with E-state index < -0.39 is 10.0 Å². The largest absolute Gasteiger partial charge is 0.493 e. The van der Waals surface area contributed by atoms with Crippen molar-refractivity contribution in [2.24, 2.45) is 0 Å². The smallest absolute Gasteiger partial charge is 0.243 e. The summed E-state index contributed by atoms with van der Waals surface area (Å²) in [6.45, 7) is 0.878. The zero-order valence-corrected chi connectivity index (χ0v) is 15.5. The molecule has 24 heavy (non-hydrogen) atoms. The van der Waals surface area contributed by atoms with E-state index in [-0.39, 0.29) is 11.4 Å². The maximum absolute atomic E-state index is 13.0. The Labute approximate surface area is 146 Å². The Morgan fingerprint density at radius 2 is 1.83 bits per heavy atom. The first-order chi connectivity index (χ1) is 11.5. The van der Waals surface area contributed by atoms with Crippen molar-refractivity contribution in [1.82, 2.24) is 4.31 Å². The second-order valence-corrected chi connectivity index (χ2v) is 7.70. The summed E-state index contributed by atoms with van der Waals surface area (Å²) >= 11 is 1.53. The lowest BCUT2D eigenvalue weighted by atomic mass is 10.3. The average molecular weight is 371 g/mol. The van der Waals surface area contributed by atoms with Gasteiger partial charge in [-0.25, -0.2) is 8.42 Å². The molecular weight excluding hydrogens is 350 g/mol. The molecule has 1 aromatic heterocycles. The molecule has 2 rings (SSSR count). The van der Waals surface area contributed by atoms with Crippen LogP contribution in [-0.4, -0.2) is 47.2 Å². The van der Waals surface area contributed by atoms with Crippen molar-refractivity contribution in [1.29, 1.82) is 0 Å². The van der Waals surface area contributed by atoms with E-state index in [1.807, 2.05) is 16.8 Å². The lowest BCUT2D eigenvalue weighted by Crippen LogP contribution is -2.33. The molecule has 0 N–H and O–H groups in total.